The van der Waals surface area contributed by atoms with Gasteiger partial charge >= 0.3 is 0 Å². The van der Waals surface area contributed by atoms with E-state index in [1.807, 2.05) is 6.08 Å². The van der Waals surface area contributed by atoms with Gasteiger partial charge in [-0.2, -0.15) is 0 Å². The Hall–Kier alpha value is -4.19. The lowest BCUT2D eigenvalue weighted by Gasteiger charge is -2.40. The zero-order valence-electron chi connectivity index (χ0n) is 49.6. The number of aliphatic hydroxyl groups excluding tert-OH is 5. The molecule has 446 valence electrons. The number of hydrogen-bond donors (Lipinski definition) is 6. The molecular formula is C70H113NO8. The molecule has 79 heavy (non-hydrogen) atoms. The predicted octanol–water partition coefficient (Wildman–Crippen LogP) is 16.4. The fourth-order valence-electron chi connectivity index (χ4n) is 8.69. The zero-order valence-corrected chi connectivity index (χ0v) is 49.6. The van der Waals surface area contributed by atoms with Crippen LogP contribution in [0.15, 0.2) is 158 Å². The lowest BCUT2D eigenvalue weighted by atomic mass is 9.99. The molecule has 1 aliphatic rings. The summed E-state index contributed by atoms with van der Waals surface area (Å²) in [4.78, 5) is 13.1. The molecular weight excluding hydrogens is 983 g/mol. The molecule has 0 aromatic rings. The lowest BCUT2D eigenvalue weighted by Crippen LogP contribution is -2.60. The first-order valence-corrected chi connectivity index (χ1v) is 31.2. The van der Waals surface area contributed by atoms with Gasteiger partial charge in [0.25, 0.3) is 0 Å². The van der Waals surface area contributed by atoms with E-state index >= 15 is 0 Å². The maximum Gasteiger partial charge on any atom is 0.220 e. The summed E-state index contributed by atoms with van der Waals surface area (Å²) in [6.07, 6.45) is 83.1. The van der Waals surface area contributed by atoms with Gasteiger partial charge in [-0.3, -0.25) is 4.79 Å². The van der Waals surface area contributed by atoms with Crippen molar-refractivity contribution in [1.29, 1.82) is 0 Å². The van der Waals surface area contributed by atoms with E-state index < -0.39 is 49.5 Å². The standard InChI is InChI=1S/C70H113NO8/c1-3-5-7-9-11-13-15-17-19-21-23-25-26-27-28-29-30-31-32-33-34-35-36-37-38-40-42-44-46-48-50-52-54-56-58-60-66(74)71-63(62-78-70-69(77)68(76)67(75)65(61-72)79-70)64(73)59-57-55-53-51-49-47-45-43-41-39-24-22-20-18-16-14-12-10-8-6-4-2/h5,7,11,13,17,19,23,25,27-28,30-31,33-34,36-37,40-43,46,48-49,51,57,59,63-65,67-70,72-73,75-77H,3-4,6,8-10,12,14-16,18,20-22,24,26,29,32,35,38-39,44-45,47,50,52-56,58,60-62H2,1-2H3,(H,71,74)/b7-5-,13-11-,19-17-,25-23-,28-27-,31-30-,34-33-,37-36-,42-40-,43-41+,48-46-,51-49+,59-57+. The minimum Gasteiger partial charge on any atom is -0.394 e. The topological polar surface area (TPSA) is 149 Å². The summed E-state index contributed by atoms with van der Waals surface area (Å²) in [6.45, 7) is 3.62. The zero-order chi connectivity index (χ0) is 57.2. The van der Waals surface area contributed by atoms with Gasteiger partial charge in [0.05, 0.1) is 25.4 Å². The number of nitrogens with one attached hydrogen (secondary N) is 1. The number of aliphatic hydroxyl groups is 5. The molecule has 1 rings (SSSR count). The molecule has 1 amide bonds. The fraction of sp³-hybridized carbons (Fsp3) is 0.614. The molecule has 0 aromatic carbocycles. The summed E-state index contributed by atoms with van der Waals surface area (Å²) >= 11 is 0. The summed E-state index contributed by atoms with van der Waals surface area (Å²) in [5.41, 5.74) is 0. The monoisotopic (exact) mass is 1100 g/mol. The van der Waals surface area contributed by atoms with Crippen LogP contribution in [-0.4, -0.2) is 87.5 Å². The van der Waals surface area contributed by atoms with Crippen molar-refractivity contribution in [2.75, 3.05) is 13.2 Å². The van der Waals surface area contributed by atoms with Gasteiger partial charge in [0.1, 0.15) is 24.4 Å². The molecule has 0 aromatic heterocycles. The fourth-order valence-corrected chi connectivity index (χ4v) is 8.69. The Morgan fingerprint density at radius 3 is 1.22 bits per heavy atom. The molecule has 9 nitrogen and oxygen atoms in total. The van der Waals surface area contributed by atoms with Gasteiger partial charge in [-0.1, -0.05) is 249 Å². The highest BCUT2D eigenvalue weighted by Gasteiger charge is 2.44. The largest absolute Gasteiger partial charge is 0.394 e. The van der Waals surface area contributed by atoms with Crippen LogP contribution in [0.5, 0.6) is 0 Å². The normalized spacial score (nSPS) is 19.7. The summed E-state index contributed by atoms with van der Waals surface area (Å²) in [7, 11) is 0. The van der Waals surface area contributed by atoms with Crippen LogP contribution in [0.4, 0.5) is 0 Å². The van der Waals surface area contributed by atoms with Gasteiger partial charge in [0.2, 0.25) is 5.91 Å². The number of rotatable bonds is 51. The summed E-state index contributed by atoms with van der Waals surface area (Å²) < 4.78 is 11.2. The third-order valence-corrected chi connectivity index (χ3v) is 13.6. The van der Waals surface area contributed by atoms with Crippen molar-refractivity contribution in [3.8, 4) is 0 Å². The average Bonchev–Trinajstić information content (AvgIpc) is 3.47. The van der Waals surface area contributed by atoms with Gasteiger partial charge in [-0.25, -0.2) is 0 Å². The van der Waals surface area contributed by atoms with E-state index in [1.54, 1.807) is 6.08 Å². The van der Waals surface area contributed by atoms with Gasteiger partial charge in [-0.05, 0) is 122 Å². The van der Waals surface area contributed by atoms with E-state index in [9.17, 15) is 30.3 Å². The molecule has 0 bridgehead atoms. The molecule has 6 N–H and O–H groups in total. The molecule has 1 fully saturated rings. The lowest BCUT2D eigenvalue weighted by molar-refractivity contribution is -0.302. The first kappa shape index (κ1) is 72.8. The van der Waals surface area contributed by atoms with Crippen molar-refractivity contribution < 1.29 is 39.8 Å². The van der Waals surface area contributed by atoms with E-state index in [4.69, 9.17) is 9.47 Å². The number of carbonyl (C=O) groups excluding carboxylic acids is 1. The molecule has 1 saturated heterocycles. The van der Waals surface area contributed by atoms with Crippen LogP contribution in [0.3, 0.4) is 0 Å². The Kier molecular flexibility index (Phi) is 52.6. The van der Waals surface area contributed by atoms with Gasteiger partial charge in [0.15, 0.2) is 6.29 Å². The molecule has 0 aliphatic carbocycles. The van der Waals surface area contributed by atoms with E-state index in [1.165, 1.54) is 70.6 Å². The van der Waals surface area contributed by atoms with Crippen molar-refractivity contribution in [2.45, 2.75) is 262 Å². The predicted molar refractivity (Wildman–Crippen MR) is 336 cm³/mol. The quantitative estimate of drug-likeness (QED) is 0.0261. The van der Waals surface area contributed by atoms with E-state index in [0.717, 1.165) is 116 Å². The number of hydrogen-bond acceptors (Lipinski definition) is 8. The minimum atomic E-state index is -1.59. The van der Waals surface area contributed by atoms with Crippen molar-refractivity contribution in [1.82, 2.24) is 5.32 Å². The van der Waals surface area contributed by atoms with Crippen LogP contribution in [0.2, 0.25) is 0 Å². The molecule has 0 spiro atoms. The van der Waals surface area contributed by atoms with Crippen LogP contribution >= 0.6 is 0 Å². The molecule has 1 aliphatic heterocycles. The van der Waals surface area contributed by atoms with Crippen molar-refractivity contribution >= 4 is 5.91 Å². The van der Waals surface area contributed by atoms with Gasteiger partial charge in [0, 0.05) is 6.42 Å². The van der Waals surface area contributed by atoms with Crippen molar-refractivity contribution in [2.24, 2.45) is 0 Å². The van der Waals surface area contributed by atoms with Crippen LogP contribution in [0, 0.1) is 0 Å². The number of amides is 1. The number of carbonyl (C=O) groups is 1. The number of ether oxygens (including phenoxy) is 2. The van der Waals surface area contributed by atoms with Crippen molar-refractivity contribution in [3.63, 3.8) is 0 Å². The van der Waals surface area contributed by atoms with Crippen LogP contribution in [0.1, 0.15) is 219 Å². The maximum atomic E-state index is 13.1. The van der Waals surface area contributed by atoms with E-state index in [0.29, 0.717) is 19.3 Å². The Morgan fingerprint density at radius 2 is 0.797 bits per heavy atom. The molecule has 0 radical (unpaired) electrons. The molecule has 7 unspecified atom stereocenters. The van der Waals surface area contributed by atoms with E-state index in [-0.39, 0.29) is 12.5 Å². The Morgan fingerprint density at radius 1 is 0.443 bits per heavy atom. The second-order valence-corrected chi connectivity index (χ2v) is 20.7. The summed E-state index contributed by atoms with van der Waals surface area (Å²) in [5.74, 6) is -0.222. The first-order chi connectivity index (χ1) is 38.8. The summed E-state index contributed by atoms with van der Waals surface area (Å²) in [6, 6.07) is -0.856. The number of unbranched alkanes of at least 4 members (excludes halogenated alkanes) is 17. The van der Waals surface area contributed by atoms with Crippen LogP contribution in [0.25, 0.3) is 0 Å². The molecule has 0 saturated carbocycles. The third kappa shape index (κ3) is 46.2. The summed E-state index contributed by atoms with van der Waals surface area (Å²) in [5, 5.41) is 54.5. The highest BCUT2D eigenvalue weighted by molar-refractivity contribution is 5.76. The average molecular weight is 1100 g/mol. The van der Waals surface area contributed by atoms with Gasteiger partial charge in [-0.15, -0.1) is 0 Å². The Balaban J connectivity index is 2.27. The van der Waals surface area contributed by atoms with Crippen LogP contribution < -0.4 is 5.32 Å². The van der Waals surface area contributed by atoms with Crippen LogP contribution in [-0.2, 0) is 14.3 Å². The Labute approximate surface area is 482 Å². The molecule has 9 heteroatoms. The minimum absolute atomic E-state index is 0.222. The second-order valence-electron chi connectivity index (χ2n) is 20.7. The SMILES string of the molecule is CC/C=C\C/C=C\C/C=C\C/C=C\C/C=C\C/C=C\C/C=C\C/C=C\C/C=C\C/C=C\CCCCCCC(=O)NC(COC1OC(CO)C(O)C(O)C1O)C(O)/C=C/CC/C=C/CC/C=C/CCCCCCCCCCCCC. The second kappa shape index (κ2) is 57.1. The highest BCUT2D eigenvalue weighted by Crippen LogP contribution is 2.23. The molecule has 1 heterocycles. The maximum absolute atomic E-state index is 13.1. The molecule has 7 atom stereocenters. The smallest absolute Gasteiger partial charge is 0.220 e. The first-order valence-electron chi connectivity index (χ1n) is 31.2. The highest BCUT2D eigenvalue weighted by atomic mass is 16.7. The van der Waals surface area contributed by atoms with E-state index in [2.05, 4.69) is 165 Å². The van der Waals surface area contributed by atoms with Crippen molar-refractivity contribution in [3.05, 3.63) is 158 Å². The number of allylic oxidation sites excluding steroid dienone is 25. The third-order valence-electron chi connectivity index (χ3n) is 13.6. The van der Waals surface area contributed by atoms with Gasteiger partial charge < -0.3 is 40.3 Å². The Bertz CT molecular complexity index is 1800.